The Morgan fingerprint density at radius 3 is 2.59 bits per heavy atom. The van der Waals surface area contributed by atoms with E-state index in [4.69, 9.17) is 14.2 Å². The summed E-state index contributed by atoms with van der Waals surface area (Å²) in [5.41, 5.74) is 0. The summed E-state index contributed by atoms with van der Waals surface area (Å²) in [5.74, 6) is -1.43. The zero-order chi connectivity index (χ0) is 12.8. The van der Waals surface area contributed by atoms with Gasteiger partial charge in [-0.1, -0.05) is 0 Å². The van der Waals surface area contributed by atoms with Crippen molar-refractivity contribution in [2.24, 2.45) is 0 Å². The molecule has 7 nitrogen and oxygen atoms in total. The van der Waals surface area contributed by atoms with E-state index in [0.29, 0.717) is 0 Å². The van der Waals surface area contributed by atoms with Crippen molar-refractivity contribution in [1.82, 2.24) is 0 Å². The first-order valence-electron chi connectivity index (χ1n) is 5.08. The van der Waals surface area contributed by atoms with E-state index in [1.54, 1.807) is 13.8 Å². The lowest BCUT2D eigenvalue weighted by atomic mass is 10.1. The summed E-state index contributed by atoms with van der Waals surface area (Å²) in [6.07, 6.45) is -1.27. The lowest BCUT2D eigenvalue weighted by Gasteiger charge is -2.20. The van der Waals surface area contributed by atoms with Crippen LogP contribution in [0.1, 0.15) is 13.8 Å². The molecule has 2 aliphatic rings. The molecule has 0 aromatic carbocycles. The second kappa shape index (κ2) is 3.91. The van der Waals surface area contributed by atoms with E-state index in [0.717, 1.165) is 6.26 Å². The molecular weight excluding hydrogens is 252 g/mol. The average Bonchev–Trinajstić information content (AvgIpc) is 2.58. The minimum Gasteiger partial charge on any atom is -0.455 e. The van der Waals surface area contributed by atoms with Crippen molar-refractivity contribution in [3.05, 3.63) is 0 Å². The summed E-state index contributed by atoms with van der Waals surface area (Å²) in [5, 5.41) is 0. The van der Waals surface area contributed by atoms with Crippen LogP contribution >= 0.6 is 0 Å². The Morgan fingerprint density at radius 1 is 1.35 bits per heavy atom. The number of rotatable bonds is 3. The van der Waals surface area contributed by atoms with Gasteiger partial charge in [-0.05, 0) is 13.8 Å². The standard InChI is InChI=1S/C9H14O7S/c1-9(2)15-6-5(4-13-17(3,11)12)14-8(10)7(6)16-9/h5-7H,4H2,1-3H3/t5-,6+,7+/m1/s1. The smallest absolute Gasteiger partial charge is 0.338 e. The topological polar surface area (TPSA) is 88.1 Å². The van der Waals surface area contributed by atoms with Gasteiger partial charge in [-0.3, -0.25) is 4.18 Å². The molecule has 2 fully saturated rings. The van der Waals surface area contributed by atoms with E-state index in [2.05, 4.69) is 4.18 Å². The van der Waals surface area contributed by atoms with E-state index < -0.39 is 40.2 Å². The molecule has 0 bridgehead atoms. The Labute approximate surface area is 99.1 Å². The van der Waals surface area contributed by atoms with Crippen molar-refractivity contribution in [3.63, 3.8) is 0 Å². The van der Waals surface area contributed by atoms with Crippen LogP contribution < -0.4 is 0 Å². The first-order valence-corrected chi connectivity index (χ1v) is 6.90. The molecule has 8 heteroatoms. The highest BCUT2D eigenvalue weighted by Gasteiger charge is 2.56. The third kappa shape index (κ3) is 2.76. The molecule has 0 aromatic heterocycles. The van der Waals surface area contributed by atoms with Crippen molar-refractivity contribution in [1.29, 1.82) is 0 Å². The van der Waals surface area contributed by atoms with Crippen molar-refractivity contribution < 1.29 is 31.6 Å². The molecule has 17 heavy (non-hydrogen) atoms. The Hall–Kier alpha value is -0.700. The van der Waals surface area contributed by atoms with E-state index in [-0.39, 0.29) is 6.61 Å². The Morgan fingerprint density at radius 2 is 2.00 bits per heavy atom. The molecule has 0 N–H and O–H groups in total. The van der Waals surface area contributed by atoms with Gasteiger partial charge in [0.2, 0.25) is 0 Å². The van der Waals surface area contributed by atoms with Gasteiger partial charge in [-0.2, -0.15) is 8.42 Å². The molecule has 2 rings (SSSR count). The van der Waals surface area contributed by atoms with Gasteiger partial charge in [-0.25, -0.2) is 4.79 Å². The van der Waals surface area contributed by atoms with E-state index >= 15 is 0 Å². The predicted molar refractivity (Wildman–Crippen MR) is 54.5 cm³/mol. The molecule has 2 heterocycles. The highest BCUT2D eigenvalue weighted by molar-refractivity contribution is 7.85. The zero-order valence-corrected chi connectivity index (χ0v) is 10.5. The fraction of sp³-hybridized carbons (Fsp3) is 0.889. The van der Waals surface area contributed by atoms with Crippen molar-refractivity contribution in [2.45, 2.75) is 37.9 Å². The second-order valence-corrected chi connectivity index (χ2v) is 6.13. The van der Waals surface area contributed by atoms with Gasteiger partial charge in [0.25, 0.3) is 10.1 Å². The minimum absolute atomic E-state index is 0.259. The minimum atomic E-state index is -3.57. The molecule has 0 aliphatic carbocycles. The molecule has 0 aromatic rings. The summed E-state index contributed by atoms with van der Waals surface area (Å²) in [6, 6.07) is 0. The lowest BCUT2D eigenvalue weighted by Crippen LogP contribution is -2.33. The average molecular weight is 266 g/mol. The first kappa shape index (κ1) is 12.7. The fourth-order valence-corrected chi connectivity index (χ4v) is 2.23. The molecular formula is C9H14O7S. The third-order valence-corrected chi connectivity index (χ3v) is 3.01. The number of carbonyl (C=O) groups excluding carboxylic acids is 1. The Bertz CT molecular complexity index is 427. The van der Waals surface area contributed by atoms with Crippen molar-refractivity contribution in [3.8, 4) is 0 Å². The number of carbonyl (C=O) groups is 1. The monoisotopic (exact) mass is 266 g/mol. The summed E-state index contributed by atoms with van der Waals surface area (Å²) in [7, 11) is -3.57. The molecule has 2 aliphatic heterocycles. The first-order chi connectivity index (χ1) is 7.68. The van der Waals surface area contributed by atoms with Gasteiger partial charge in [0.05, 0.1) is 6.26 Å². The van der Waals surface area contributed by atoms with Crippen LogP contribution in [-0.4, -0.2) is 51.3 Å². The normalized spacial score (nSPS) is 35.7. The van der Waals surface area contributed by atoms with Crippen LogP contribution in [0.5, 0.6) is 0 Å². The second-order valence-electron chi connectivity index (χ2n) is 4.48. The number of hydrogen-bond donors (Lipinski definition) is 0. The van der Waals surface area contributed by atoms with E-state index in [9.17, 15) is 13.2 Å². The van der Waals surface area contributed by atoms with Crippen LogP contribution in [0.4, 0.5) is 0 Å². The quantitative estimate of drug-likeness (QED) is 0.498. The predicted octanol–water partition coefficient (Wildman–Crippen LogP) is -0.592. The summed E-state index contributed by atoms with van der Waals surface area (Å²) in [6.45, 7) is 3.09. The van der Waals surface area contributed by atoms with E-state index in [1.807, 2.05) is 0 Å². The number of fused-ring (bicyclic) bond motifs is 1. The third-order valence-electron chi connectivity index (χ3n) is 2.44. The lowest BCUT2D eigenvalue weighted by molar-refractivity contribution is -0.188. The Balaban J connectivity index is 2.04. The van der Waals surface area contributed by atoms with Crippen LogP contribution in [0.15, 0.2) is 0 Å². The SMILES string of the molecule is CC1(C)O[C@@H]2[C@H](O1)C(=O)O[C@@H]2COS(C)(=O)=O. The van der Waals surface area contributed by atoms with Crippen LogP contribution in [0, 0.1) is 0 Å². The number of hydrogen-bond acceptors (Lipinski definition) is 7. The van der Waals surface area contributed by atoms with Gasteiger partial charge in [-0.15, -0.1) is 0 Å². The van der Waals surface area contributed by atoms with Gasteiger partial charge in [0, 0.05) is 0 Å². The molecule has 3 atom stereocenters. The fourth-order valence-electron chi connectivity index (χ4n) is 1.85. The van der Waals surface area contributed by atoms with Gasteiger partial charge >= 0.3 is 5.97 Å². The van der Waals surface area contributed by atoms with Crippen molar-refractivity contribution >= 4 is 16.1 Å². The highest BCUT2D eigenvalue weighted by atomic mass is 32.2. The van der Waals surface area contributed by atoms with Gasteiger partial charge < -0.3 is 14.2 Å². The number of ether oxygens (including phenoxy) is 3. The largest absolute Gasteiger partial charge is 0.455 e. The maximum absolute atomic E-state index is 11.4. The maximum Gasteiger partial charge on any atom is 0.338 e. The van der Waals surface area contributed by atoms with Crippen molar-refractivity contribution in [2.75, 3.05) is 12.9 Å². The molecule has 0 radical (unpaired) electrons. The Kier molecular flexibility index (Phi) is 2.93. The number of cyclic esters (lactones) is 1. The van der Waals surface area contributed by atoms with Crippen LogP contribution in [0.3, 0.4) is 0 Å². The molecule has 0 unspecified atom stereocenters. The highest BCUT2D eigenvalue weighted by Crippen LogP contribution is 2.36. The summed E-state index contributed by atoms with van der Waals surface area (Å²) >= 11 is 0. The number of esters is 1. The maximum atomic E-state index is 11.4. The summed E-state index contributed by atoms with van der Waals surface area (Å²) < 4.78 is 42.1. The van der Waals surface area contributed by atoms with Crippen LogP contribution in [0.25, 0.3) is 0 Å². The van der Waals surface area contributed by atoms with E-state index in [1.165, 1.54) is 0 Å². The zero-order valence-electron chi connectivity index (χ0n) is 9.71. The molecule has 98 valence electrons. The van der Waals surface area contributed by atoms with Crippen LogP contribution in [0.2, 0.25) is 0 Å². The molecule has 0 spiro atoms. The molecule has 2 saturated heterocycles. The summed E-state index contributed by atoms with van der Waals surface area (Å²) in [4.78, 5) is 11.4. The molecule has 0 amide bonds. The molecule has 0 saturated carbocycles. The van der Waals surface area contributed by atoms with Crippen LogP contribution in [-0.2, 0) is 33.3 Å². The van der Waals surface area contributed by atoms with Gasteiger partial charge in [0.15, 0.2) is 18.0 Å². The van der Waals surface area contributed by atoms with Gasteiger partial charge in [0.1, 0.15) is 12.7 Å².